The topological polar surface area (TPSA) is 123 Å². The summed E-state index contributed by atoms with van der Waals surface area (Å²) >= 11 is 0. The van der Waals surface area contributed by atoms with Crippen molar-refractivity contribution in [2.24, 2.45) is 0 Å². The molecule has 10 heteroatoms. The SMILES string of the molecule is O=c1[nH]c2cc(-c3noc(CNS(=O)(=O)c4ccccc4)n3)ccc2n1C1CCCC1. The summed E-state index contributed by atoms with van der Waals surface area (Å²) in [4.78, 5) is 19.8. The summed E-state index contributed by atoms with van der Waals surface area (Å²) in [6, 6.07) is 13.8. The quantitative estimate of drug-likeness (QED) is 0.476. The zero-order chi connectivity index (χ0) is 21.4. The molecular formula is C21H21N5O4S. The Kier molecular flexibility index (Phi) is 4.95. The molecule has 0 saturated heterocycles. The van der Waals surface area contributed by atoms with Crippen molar-refractivity contribution in [1.29, 1.82) is 0 Å². The second-order valence-corrected chi connectivity index (χ2v) is 9.39. The summed E-state index contributed by atoms with van der Waals surface area (Å²) in [6.07, 6.45) is 4.31. The maximum Gasteiger partial charge on any atom is 0.326 e. The number of aromatic nitrogens is 4. The Morgan fingerprint density at radius 1 is 1.13 bits per heavy atom. The molecule has 0 bridgehead atoms. The Bertz CT molecular complexity index is 1380. The number of aromatic amines is 1. The third-order valence-electron chi connectivity index (χ3n) is 5.60. The van der Waals surface area contributed by atoms with Gasteiger partial charge in [0.2, 0.25) is 21.7 Å². The maximum absolute atomic E-state index is 12.5. The average molecular weight is 439 g/mol. The molecule has 1 aliphatic rings. The van der Waals surface area contributed by atoms with Crippen LogP contribution in [0.25, 0.3) is 22.4 Å². The first-order chi connectivity index (χ1) is 15.0. The minimum Gasteiger partial charge on any atom is -0.338 e. The molecule has 0 amide bonds. The predicted molar refractivity (Wildman–Crippen MR) is 114 cm³/mol. The maximum atomic E-state index is 12.5. The van der Waals surface area contributed by atoms with Gasteiger partial charge in [-0.15, -0.1) is 0 Å². The number of nitrogens with zero attached hydrogens (tertiary/aromatic N) is 3. The van der Waals surface area contributed by atoms with Crippen molar-refractivity contribution in [3.8, 4) is 11.4 Å². The van der Waals surface area contributed by atoms with Gasteiger partial charge in [-0.25, -0.2) is 17.9 Å². The summed E-state index contributed by atoms with van der Waals surface area (Å²) < 4.78 is 34.2. The molecule has 4 aromatic rings. The van der Waals surface area contributed by atoms with Gasteiger partial charge in [-0.3, -0.25) is 4.57 Å². The highest BCUT2D eigenvalue weighted by atomic mass is 32.2. The lowest BCUT2D eigenvalue weighted by atomic mass is 10.1. The van der Waals surface area contributed by atoms with Gasteiger partial charge in [-0.2, -0.15) is 4.98 Å². The molecule has 0 unspecified atom stereocenters. The van der Waals surface area contributed by atoms with Gasteiger partial charge in [0.25, 0.3) is 0 Å². The standard InChI is InChI=1S/C21H21N5O4S/c27-21-23-17-12-14(10-11-18(17)26(21)15-6-4-5-7-15)20-24-19(30-25-20)13-22-31(28,29)16-8-2-1-3-9-16/h1-3,8-12,15,22H,4-7,13H2,(H,23,27). The van der Waals surface area contributed by atoms with E-state index >= 15 is 0 Å². The number of fused-ring (bicyclic) bond motifs is 1. The van der Waals surface area contributed by atoms with Crippen molar-refractivity contribution in [3.05, 3.63) is 64.9 Å². The van der Waals surface area contributed by atoms with Crippen molar-refractivity contribution < 1.29 is 12.9 Å². The van der Waals surface area contributed by atoms with E-state index in [4.69, 9.17) is 4.52 Å². The van der Waals surface area contributed by atoms with Crippen molar-refractivity contribution in [2.75, 3.05) is 0 Å². The molecule has 1 fully saturated rings. The average Bonchev–Trinajstić information content (AvgIpc) is 3.52. The van der Waals surface area contributed by atoms with Gasteiger partial charge < -0.3 is 9.51 Å². The third kappa shape index (κ3) is 3.79. The van der Waals surface area contributed by atoms with Crippen LogP contribution in [0.5, 0.6) is 0 Å². The van der Waals surface area contributed by atoms with Crippen molar-refractivity contribution >= 4 is 21.1 Å². The van der Waals surface area contributed by atoms with Crippen LogP contribution in [-0.2, 0) is 16.6 Å². The van der Waals surface area contributed by atoms with Gasteiger partial charge in [-0.05, 0) is 43.2 Å². The molecule has 5 rings (SSSR count). The molecule has 2 heterocycles. The van der Waals surface area contributed by atoms with Crippen LogP contribution >= 0.6 is 0 Å². The van der Waals surface area contributed by atoms with Crippen molar-refractivity contribution in [2.45, 2.75) is 43.2 Å². The molecule has 0 atom stereocenters. The van der Waals surface area contributed by atoms with E-state index in [1.165, 1.54) is 12.1 Å². The molecule has 9 nitrogen and oxygen atoms in total. The monoisotopic (exact) mass is 439 g/mol. The highest BCUT2D eigenvalue weighted by molar-refractivity contribution is 7.89. The first kappa shape index (κ1) is 19.7. The van der Waals surface area contributed by atoms with Gasteiger partial charge in [0.15, 0.2) is 0 Å². The van der Waals surface area contributed by atoms with E-state index in [2.05, 4.69) is 19.8 Å². The zero-order valence-corrected chi connectivity index (χ0v) is 17.4. The summed E-state index contributed by atoms with van der Waals surface area (Å²) in [6.45, 7) is -0.124. The molecule has 2 aromatic heterocycles. The normalized spacial score (nSPS) is 15.1. The van der Waals surface area contributed by atoms with Gasteiger partial charge >= 0.3 is 5.69 Å². The lowest BCUT2D eigenvalue weighted by Gasteiger charge is -2.11. The minimum absolute atomic E-state index is 0.108. The molecule has 1 aliphatic carbocycles. The van der Waals surface area contributed by atoms with Gasteiger partial charge in [0.1, 0.15) is 0 Å². The minimum atomic E-state index is -3.67. The lowest BCUT2D eigenvalue weighted by Crippen LogP contribution is -2.23. The first-order valence-electron chi connectivity index (χ1n) is 10.1. The molecular weight excluding hydrogens is 418 g/mol. The number of hydrogen-bond donors (Lipinski definition) is 2. The number of sulfonamides is 1. The Hall–Kier alpha value is -3.24. The smallest absolute Gasteiger partial charge is 0.326 e. The van der Waals surface area contributed by atoms with Crippen LogP contribution < -0.4 is 10.4 Å². The fraction of sp³-hybridized carbons (Fsp3) is 0.286. The van der Waals surface area contributed by atoms with Crippen LogP contribution in [0.2, 0.25) is 0 Å². The number of benzene rings is 2. The molecule has 2 N–H and O–H groups in total. The van der Waals surface area contributed by atoms with E-state index in [1.807, 2.05) is 22.8 Å². The largest absolute Gasteiger partial charge is 0.338 e. The van der Waals surface area contributed by atoms with Crippen LogP contribution in [0.4, 0.5) is 0 Å². The van der Waals surface area contributed by atoms with E-state index in [9.17, 15) is 13.2 Å². The molecule has 2 aromatic carbocycles. The van der Waals surface area contributed by atoms with Crippen molar-refractivity contribution in [1.82, 2.24) is 24.4 Å². The van der Waals surface area contributed by atoms with Gasteiger partial charge in [0, 0.05) is 11.6 Å². The van der Waals surface area contributed by atoms with Crippen LogP contribution in [0.3, 0.4) is 0 Å². The van der Waals surface area contributed by atoms with E-state index in [-0.39, 0.29) is 29.1 Å². The second-order valence-electron chi connectivity index (χ2n) is 7.62. The predicted octanol–water partition coefficient (Wildman–Crippen LogP) is 2.97. The molecule has 1 saturated carbocycles. The Morgan fingerprint density at radius 3 is 2.68 bits per heavy atom. The first-order valence-corrected chi connectivity index (χ1v) is 11.6. The molecule has 0 radical (unpaired) electrons. The Balaban J connectivity index is 1.36. The van der Waals surface area contributed by atoms with Crippen LogP contribution in [-0.4, -0.2) is 28.1 Å². The van der Waals surface area contributed by atoms with Crippen LogP contribution in [0, 0.1) is 0 Å². The molecule has 160 valence electrons. The van der Waals surface area contributed by atoms with E-state index < -0.39 is 10.0 Å². The summed E-state index contributed by atoms with van der Waals surface area (Å²) in [5.41, 5.74) is 2.14. The summed E-state index contributed by atoms with van der Waals surface area (Å²) in [7, 11) is -3.67. The molecule has 0 aliphatic heterocycles. The second kappa shape index (κ2) is 7.78. The van der Waals surface area contributed by atoms with E-state index in [1.54, 1.807) is 18.2 Å². The number of H-pyrrole nitrogens is 1. The summed E-state index contributed by atoms with van der Waals surface area (Å²) in [5, 5.41) is 3.95. The number of rotatable bonds is 6. The van der Waals surface area contributed by atoms with E-state index in [0.29, 0.717) is 16.9 Å². The third-order valence-corrected chi connectivity index (χ3v) is 7.02. The number of nitrogens with one attached hydrogen (secondary N) is 2. The van der Waals surface area contributed by atoms with Crippen LogP contribution in [0.1, 0.15) is 37.6 Å². The van der Waals surface area contributed by atoms with Gasteiger partial charge in [0.05, 0.1) is 22.5 Å². The highest BCUT2D eigenvalue weighted by Crippen LogP contribution is 2.31. The molecule has 31 heavy (non-hydrogen) atoms. The lowest BCUT2D eigenvalue weighted by molar-refractivity contribution is 0.376. The number of imidazole rings is 1. The van der Waals surface area contributed by atoms with Gasteiger partial charge in [-0.1, -0.05) is 36.2 Å². The Morgan fingerprint density at radius 2 is 1.90 bits per heavy atom. The van der Waals surface area contributed by atoms with Crippen LogP contribution in [0.15, 0.2) is 62.7 Å². The van der Waals surface area contributed by atoms with Crippen molar-refractivity contribution in [3.63, 3.8) is 0 Å². The van der Waals surface area contributed by atoms with E-state index in [0.717, 1.165) is 31.2 Å². The molecule has 0 spiro atoms. The number of hydrogen-bond acceptors (Lipinski definition) is 6. The Labute approximate surface area is 178 Å². The summed E-state index contributed by atoms with van der Waals surface area (Å²) in [5.74, 6) is 0.469. The fourth-order valence-electron chi connectivity index (χ4n) is 4.08. The zero-order valence-electron chi connectivity index (χ0n) is 16.6. The highest BCUT2D eigenvalue weighted by Gasteiger charge is 2.22. The fourth-order valence-corrected chi connectivity index (χ4v) is 5.07.